The van der Waals surface area contributed by atoms with Crippen LogP contribution in [-0.2, 0) is 0 Å². The third-order valence-electron chi connectivity index (χ3n) is 5.01. The molecule has 4 rings (SSSR count). The summed E-state index contributed by atoms with van der Waals surface area (Å²) in [5.74, 6) is 0.797. The molecule has 0 radical (unpaired) electrons. The number of nitrogens with zero attached hydrogens (tertiary/aromatic N) is 1. The van der Waals surface area contributed by atoms with Gasteiger partial charge in [0.05, 0.1) is 0 Å². The van der Waals surface area contributed by atoms with Crippen molar-refractivity contribution in [2.24, 2.45) is 5.92 Å². The molecule has 2 atom stereocenters. The van der Waals surface area contributed by atoms with Crippen molar-refractivity contribution in [2.45, 2.75) is 44.7 Å². The number of halogens is 1. The van der Waals surface area contributed by atoms with Gasteiger partial charge in [-0.2, -0.15) is 0 Å². The van der Waals surface area contributed by atoms with Crippen LogP contribution in [0.2, 0.25) is 5.02 Å². The van der Waals surface area contributed by atoms with Gasteiger partial charge in [-0.3, -0.25) is 9.69 Å². The maximum Gasteiger partial charge on any atom is 0.251 e. The van der Waals surface area contributed by atoms with Crippen molar-refractivity contribution in [3.05, 3.63) is 34.9 Å². The van der Waals surface area contributed by atoms with Crippen LogP contribution in [0.15, 0.2) is 24.3 Å². The van der Waals surface area contributed by atoms with E-state index in [1.807, 2.05) is 0 Å². The van der Waals surface area contributed by atoms with Crippen LogP contribution in [0.1, 0.15) is 43.0 Å². The van der Waals surface area contributed by atoms with Gasteiger partial charge >= 0.3 is 0 Å². The summed E-state index contributed by atoms with van der Waals surface area (Å²) >= 11 is 5.88. The summed E-state index contributed by atoms with van der Waals surface area (Å²) in [7, 11) is 0. The van der Waals surface area contributed by atoms with Crippen LogP contribution >= 0.6 is 11.6 Å². The SMILES string of the molecule is CCC1C(NC(=O)c2ccc(Cl)cc2)CC2CCN1CC2. The van der Waals surface area contributed by atoms with Gasteiger partial charge in [-0.25, -0.2) is 0 Å². The zero-order chi connectivity index (χ0) is 14.8. The van der Waals surface area contributed by atoms with E-state index >= 15 is 0 Å². The Morgan fingerprint density at radius 1 is 1.29 bits per heavy atom. The molecule has 0 spiro atoms. The first-order chi connectivity index (χ1) is 10.2. The van der Waals surface area contributed by atoms with E-state index in [2.05, 4.69) is 17.1 Å². The Morgan fingerprint density at radius 3 is 2.57 bits per heavy atom. The summed E-state index contributed by atoms with van der Waals surface area (Å²) in [6, 6.07) is 7.89. The van der Waals surface area contributed by atoms with Gasteiger partial charge in [0.1, 0.15) is 0 Å². The van der Waals surface area contributed by atoms with E-state index in [0.29, 0.717) is 16.6 Å². The summed E-state index contributed by atoms with van der Waals surface area (Å²) < 4.78 is 0. The summed E-state index contributed by atoms with van der Waals surface area (Å²) in [6.07, 6.45) is 4.78. The van der Waals surface area contributed by atoms with Crippen LogP contribution < -0.4 is 5.32 Å². The number of nitrogens with one attached hydrogen (secondary N) is 1. The molecule has 1 N–H and O–H groups in total. The molecule has 3 heterocycles. The van der Waals surface area contributed by atoms with Crippen LogP contribution in [0, 0.1) is 5.92 Å². The first-order valence-electron chi connectivity index (χ1n) is 7.98. The maximum absolute atomic E-state index is 12.5. The third kappa shape index (κ3) is 3.24. The second-order valence-electron chi connectivity index (χ2n) is 6.28. The highest BCUT2D eigenvalue weighted by atomic mass is 35.5. The molecule has 1 aromatic carbocycles. The molecule has 1 amide bonds. The van der Waals surface area contributed by atoms with Crippen LogP contribution in [0.5, 0.6) is 0 Å². The molecule has 4 heteroatoms. The van der Waals surface area contributed by atoms with Crippen molar-refractivity contribution in [1.29, 1.82) is 0 Å². The van der Waals surface area contributed by atoms with Crippen LogP contribution in [0.4, 0.5) is 0 Å². The Bertz CT molecular complexity index is 494. The standard InChI is InChI=1S/C17H23ClN2O/c1-2-16-15(11-12-7-9-20(16)10-8-12)19-17(21)13-3-5-14(18)6-4-13/h3-6,12,15-16H,2,7-11H2,1H3,(H,19,21). The number of benzene rings is 1. The van der Waals surface area contributed by atoms with E-state index in [1.54, 1.807) is 24.3 Å². The molecule has 3 fully saturated rings. The van der Waals surface area contributed by atoms with Gasteiger partial charge in [0, 0.05) is 22.7 Å². The molecule has 2 unspecified atom stereocenters. The van der Waals surface area contributed by atoms with Gasteiger partial charge in [0.15, 0.2) is 0 Å². The van der Waals surface area contributed by atoms with Crippen molar-refractivity contribution in [3.8, 4) is 0 Å². The van der Waals surface area contributed by atoms with Crippen LogP contribution in [0.25, 0.3) is 0 Å². The Labute approximate surface area is 131 Å². The summed E-state index contributed by atoms with van der Waals surface area (Å²) in [5.41, 5.74) is 0.695. The number of carbonyl (C=O) groups is 1. The fraction of sp³-hybridized carbons (Fsp3) is 0.588. The molecule has 0 aromatic heterocycles. The molecule has 2 bridgehead atoms. The molecular formula is C17H23ClN2O. The molecule has 3 nitrogen and oxygen atoms in total. The molecule has 114 valence electrons. The van der Waals surface area contributed by atoms with Crippen molar-refractivity contribution >= 4 is 17.5 Å². The largest absolute Gasteiger partial charge is 0.348 e. The van der Waals surface area contributed by atoms with E-state index < -0.39 is 0 Å². The monoisotopic (exact) mass is 306 g/mol. The number of fused-ring (bicyclic) bond motifs is 4. The lowest BCUT2D eigenvalue weighted by molar-refractivity contribution is 0.0897. The van der Waals surface area contributed by atoms with E-state index in [9.17, 15) is 4.79 Å². The lowest BCUT2D eigenvalue weighted by Gasteiger charge is -2.34. The number of amides is 1. The number of rotatable bonds is 3. The maximum atomic E-state index is 12.5. The van der Waals surface area contributed by atoms with Gasteiger partial charge < -0.3 is 5.32 Å². The Balaban J connectivity index is 1.73. The van der Waals surface area contributed by atoms with E-state index in [-0.39, 0.29) is 11.9 Å². The second-order valence-corrected chi connectivity index (χ2v) is 6.71. The van der Waals surface area contributed by atoms with Gasteiger partial charge in [0.25, 0.3) is 5.91 Å². The molecular weight excluding hydrogens is 284 g/mol. The van der Waals surface area contributed by atoms with Crippen LogP contribution in [-0.4, -0.2) is 36.0 Å². The average Bonchev–Trinajstić information content (AvgIpc) is 2.76. The van der Waals surface area contributed by atoms with Gasteiger partial charge in [-0.05, 0) is 69.0 Å². The lowest BCUT2D eigenvalue weighted by atomic mass is 9.92. The number of carbonyl (C=O) groups excluding carboxylic acids is 1. The minimum atomic E-state index is 0.0256. The molecule has 21 heavy (non-hydrogen) atoms. The van der Waals surface area contributed by atoms with Crippen molar-refractivity contribution in [3.63, 3.8) is 0 Å². The molecule has 0 aliphatic carbocycles. The van der Waals surface area contributed by atoms with Gasteiger partial charge in [0.2, 0.25) is 0 Å². The van der Waals surface area contributed by atoms with Gasteiger partial charge in [-0.1, -0.05) is 18.5 Å². The fourth-order valence-corrected chi connectivity index (χ4v) is 3.97. The Hall–Kier alpha value is -1.06. The summed E-state index contributed by atoms with van der Waals surface area (Å²) in [5, 5.41) is 3.94. The molecule has 3 aliphatic rings. The number of hydrogen-bond donors (Lipinski definition) is 1. The smallest absolute Gasteiger partial charge is 0.251 e. The first-order valence-corrected chi connectivity index (χ1v) is 8.35. The summed E-state index contributed by atoms with van der Waals surface area (Å²) in [4.78, 5) is 15.0. The highest BCUT2D eigenvalue weighted by molar-refractivity contribution is 6.30. The summed E-state index contributed by atoms with van der Waals surface area (Å²) in [6.45, 7) is 4.61. The normalized spacial score (nSPS) is 31.7. The Morgan fingerprint density at radius 2 is 1.95 bits per heavy atom. The topological polar surface area (TPSA) is 32.3 Å². The minimum absolute atomic E-state index is 0.0256. The average molecular weight is 307 g/mol. The third-order valence-corrected chi connectivity index (χ3v) is 5.26. The van der Waals surface area contributed by atoms with E-state index in [0.717, 1.165) is 18.8 Å². The zero-order valence-corrected chi connectivity index (χ0v) is 13.3. The number of piperidine rings is 1. The van der Waals surface area contributed by atoms with Crippen molar-refractivity contribution < 1.29 is 4.79 Å². The van der Waals surface area contributed by atoms with Gasteiger partial charge in [-0.15, -0.1) is 0 Å². The zero-order valence-electron chi connectivity index (χ0n) is 12.5. The van der Waals surface area contributed by atoms with Crippen LogP contribution in [0.3, 0.4) is 0 Å². The second kappa shape index (κ2) is 6.37. The molecule has 1 aromatic rings. The highest BCUT2D eigenvalue weighted by Gasteiger charge is 2.36. The molecule has 3 saturated heterocycles. The first kappa shape index (κ1) is 14.9. The Kier molecular flexibility index (Phi) is 4.51. The molecule has 3 aliphatic heterocycles. The minimum Gasteiger partial charge on any atom is -0.348 e. The molecule has 0 saturated carbocycles. The van der Waals surface area contributed by atoms with Crippen molar-refractivity contribution in [1.82, 2.24) is 10.2 Å². The quantitative estimate of drug-likeness (QED) is 0.929. The predicted octanol–water partition coefficient (Wildman–Crippen LogP) is 3.33. The predicted molar refractivity (Wildman–Crippen MR) is 85.7 cm³/mol. The number of hydrogen-bond acceptors (Lipinski definition) is 2. The highest BCUT2D eigenvalue weighted by Crippen LogP contribution is 2.31. The lowest BCUT2D eigenvalue weighted by Crippen LogP contribution is -2.50. The fourth-order valence-electron chi connectivity index (χ4n) is 3.84. The van der Waals surface area contributed by atoms with E-state index in [1.165, 1.54) is 25.9 Å². The van der Waals surface area contributed by atoms with Crippen molar-refractivity contribution in [2.75, 3.05) is 13.1 Å². The van der Waals surface area contributed by atoms with E-state index in [4.69, 9.17) is 11.6 Å².